The molecule has 7 nitrogen and oxygen atoms in total. The van der Waals surface area contributed by atoms with Crippen molar-refractivity contribution < 1.29 is 9.53 Å². The van der Waals surface area contributed by atoms with Gasteiger partial charge in [-0.1, -0.05) is 5.21 Å². The standard InChI is InChI=1S/C15H27N5O2/c1-15(2,3)22-14(21)20-8-5-6-12(7-9-20)16-10-13-11-19(4)18-17-13/h11-12,16H,5-10H2,1-4H3. The molecule has 1 atom stereocenters. The maximum atomic E-state index is 12.1. The molecule has 1 unspecified atom stereocenters. The highest BCUT2D eigenvalue weighted by molar-refractivity contribution is 5.68. The van der Waals surface area contributed by atoms with Crippen molar-refractivity contribution in [3.05, 3.63) is 11.9 Å². The zero-order valence-corrected chi connectivity index (χ0v) is 14.0. The van der Waals surface area contributed by atoms with E-state index in [1.807, 2.05) is 38.9 Å². The van der Waals surface area contributed by atoms with Crippen molar-refractivity contribution in [3.8, 4) is 0 Å². The SMILES string of the molecule is Cn1cc(CNC2CCCN(C(=O)OC(C)(C)C)CC2)nn1. The summed E-state index contributed by atoms with van der Waals surface area (Å²) >= 11 is 0. The Bertz CT molecular complexity index is 494. The third-order valence-corrected chi connectivity index (χ3v) is 3.60. The molecule has 2 heterocycles. The molecule has 0 saturated carbocycles. The fraction of sp³-hybridized carbons (Fsp3) is 0.800. The van der Waals surface area contributed by atoms with Crippen LogP contribution in [0.25, 0.3) is 0 Å². The lowest BCUT2D eigenvalue weighted by Crippen LogP contribution is -2.38. The number of aromatic nitrogens is 3. The Morgan fingerprint density at radius 3 is 2.82 bits per heavy atom. The number of likely N-dealkylation sites (tertiary alicyclic amines) is 1. The van der Waals surface area contributed by atoms with Gasteiger partial charge in [-0.15, -0.1) is 5.10 Å². The number of nitrogens with one attached hydrogen (secondary N) is 1. The molecule has 7 heteroatoms. The second-order valence-corrected chi connectivity index (χ2v) is 6.86. The Hall–Kier alpha value is -1.63. The number of rotatable bonds is 3. The van der Waals surface area contributed by atoms with E-state index >= 15 is 0 Å². The summed E-state index contributed by atoms with van der Waals surface area (Å²) in [6.45, 7) is 7.89. The van der Waals surface area contributed by atoms with E-state index in [-0.39, 0.29) is 6.09 Å². The van der Waals surface area contributed by atoms with E-state index in [1.165, 1.54) is 0 Å². The number of aryl methyl sites for hydroxylation is 1. The fourth-order valence-electron chi connectivity index (χ4n) is 2.53. The Morgan fingerprint density at radius 2 is 2.18 bits per heavy atom. The van der Waals surface area contributed by atoms with E-state index in [9.17, 15) is 4.79 Å². The van der Waals surface area contributed by atoms with Crippen molar-refractivity contribution in [3.63, 3.8) is 0 Å². The van der Waals surface area contributed by atoms with Gasteiger partial charge in [0.15, 0.2) is 0 Å². The van der Waals surface area contributed by atoms with Gasteiger partial charge >= 0.3 is 6.09 Å². The highest BCUT2D eigenvalue weighted by atomic mass is 16.6. The third-order valence-electron chi connectivity index (χ3n) is 3.60. The van der Waals surface area contributed by atoms with Gasteiger partial charge in [-0.3, -0.25) is 4.68 Å². The van der Waals surface area contributed by atoms with Crippen LogP contribution < -0.4 is 5.32 Å². The van der Waals surface area contributed by atoms with Crippen molar-refractivity contribution >= 4 is 6.09 Å². The van der Waals surface area contributed by atoms with Crippen molar-refractivity contribution in [2.45, 2.75) is 58.2 Å². The topological polar surface area (TPSA) is 72.3 Å². The lowest BCUT2D eigenvalue weighted by atomic mass is 10.1. The van der Waals surface area contributed by atoms with E-state index < -0.39 is 5.60 Å². The molecule has 1 amide bonds. The molecule has 0 aliphatic carbocycles. The third kappa shape index (κ3) is 5.29. The van der Waals surface area contributed by atoms with E-state index in [1.54, 1.807) is 4.68 Å². The van der Waals surface area contributed by atoms with Gasteiger partial charge in [0.05, 0.1) is 5.69 Å². The predicted octanol–water partition coefficient (Wildman–Crippen LogP) is 1.69. The second kappa shape index (κ2) is 7.09. The van der Waals surface area contributed by atoms with Gasteiger partial charge in [-0.25, -0.2) is 4.79 Å². The van der Waals surface area contributed by atoms with Crippen molar-refractivity contribution in [1.82, 2.24) is 25.2 Å². The molecule has 1 saturated heterocycles. The van der Waals surface area contributed by atoms with E-state index in [0.717, 1.165) is 38.0 Å². The Morgan fingerprint density at radius 1 is 1.41 bits per heavy atom. The number of amides is 1. The van der Waals surface area contributed by atoms with Crippen molar-refractivity contribution in [2.75, 3.05) is 13.1 Å². The molecule has 1 fully saturated rings. The number of carbonyl (C=O) groups excluding carboxylic acids is 1. The number of hydrogen-bond donors (Lipinski definition) is 1. The first kappa shape index (κ1) is 16.7. The minimum absolute atomic E-state index is 0.206. The summed E-state index contributed by atoms with van der Waals surface area (Å²) in [6.07, 6.45) is 4.68. The van der Waals surface area contributed by atoms with E-state index in [4.69, 9.17) is 4.74 Å². The van der Waals surface area contributed by atoms with Gasteiger partial charge in [0.25, 0.3) is 0 Å². The molecule has 0 bridgehead atoms. The molecule has 1 aliphatic rings. The molecule has 0 aromatic carbocycles. The highest BCUT2D eigenvalue weighted by Crippen LogP contribution is 2.15. The quantitative estimate of drug-likeness (QED) is 0.920. The molecular weight excluding hydrogens is 282 g/mol. The van der Waals surface area contributed by atoms with Gasteiger partial charge in [-0.2, -0.15) is 0 Å². The van der Waals surface area contributed by atoms with Gasteiger partial charge in [0.2, 0.25) is 0 Å². The molecule has 1 aromatic heterocycles. The Labute approximate surface area is 132 Å². The van der Waals surface area contributed by atoms with Crippen molar-refractivity contribution in [1.29, 1.82) is 0 Å². The molecule has 0 radical (unpaired) electrons. The Balaban J connectivity index is 1.78. The smallest absolute Gasteiger partial charge is 0.410 e. The largest absolute Gasteiger partial charge is 0.444 e. The van der Waals surface area contributed by atoms with Gasteiger partial charge < -0.3 is 15.0 Å². The van der Waals surface area contributed by atoms with Crippen LogP contribution in [0, 0.1) is 0 Å². The first-order valence-electron chi connectivity index (χ1n) is 7.90. The van der Waals surface area contributed by atoms with Crippen LogP contribution in [-0.2, 0) is 18.3 Å². The second-order valence-electron chi connectivity index (χ2n) is 6.86. The maximum Gasteiger partial charge on any atom is 0.410 e. The molecule has 2 rings (SSSR count). The monoisotopic (exact) mass is 309 g/mol. The number of nitrogens with zero attached hydrogens (tertiary/aromatic N) is 4. The average Bonchev–Trinajstić information content (AvgIpc) is 2.69. The minimum Gasteiger partial charge on any atom is -0.444 e. The molecular formula is C15H27N5O2. The number of ether oxygens (including phenoxy) is 1. The van der Waals surface area contributed by atoms with Gasteiger partial charge in [0.1, 0.15) is 5.60 Å². The van der Waals surface area contributed by atoms with Crippen LogP contribution in [0.4, 0.5) is 4.79 Å². The highest BCUT2D eigenvalue weighted by Gasteiger charge is 2.25. The fourth-order valence-corrected chi connectivity index (χ4v) is 2.53. The summed E-state index contributed by atoms with van der Waals surface area (Å²) in [5.74, 6) is 0. The molecule has 0 spiro atoms. The first-order chi connectivity index (χ1) is 10.3. The normalized spacial score (nSPS) is 19.8. The molecule has 124 valence electrons. The van der Waals surface area contributed by atoms with Crippen LogP contribution in [0.15, 0.2) is 6.20 Å². The first-order valence-corrected chi connectivity index (χ1v) is 7.90. The Kier molecular flexibility index (Phi) is 5.39. The summed E-state index contributed by atoms with van der Waals surface area (Å²) in [7, 11) is 1.86. The number of carbonyl (C=O) groups is 1. The van der Waals surface area contributed by atoms with E-state index in [2.05, 4.69) is 15.6 Å². The summed E-state index contributed by atoms with van der Waals surface area (Å²) < 4.78 is 7.15. The molecule has 22 heavy (non-hydrogen) atoms. The maximum absolute atomic E-state index is 12.1. The summed E-state index contributed by atoms with van der Waals surface area (Å²) in [5.41, 5.74) is 0.503. The summed E-state index contributed by atoms with van der Waals surface area (Å²) in [5, 5.41) is 11.5. The summed E-state index contributed by atoms with van der Waals surface area (Å²) in [6, 6.07) is 0.398. The predicted molar refractivity (Wildman–Crippen MR) is 83.3 cm³/mol. The van der Waals surface area contributed by atoms with Crippen molar-refractivity contribution in [2.24, 2.45) is 7.05 Å². The molecule has 1 aromatic rings. The van der Waals surface area contributed by atoms with Crippen LogP contribution in [0.1, 0.15) is 45.7 Å². The molecule has 1 N–H and O–H groups in total. The van der Waals surface area contributed by atoms with E-state index in [0.29, 0.717) is 12.6 Å². The lowest BCUT2D eigenvalue weighted by molar-refractivity contribution is 0.0256. The van der Waals surface area contributed by atoms with Crippen LogP contribution in [0.5, 0.6) is 0 Å². The van der Waals surface area contributed by atoms with Crippen LogP contribution in [0.3, 0.4) is 0 Å². The number of hydrogen-bond acceptors (Lipinski definition) is 5. The summed E-state index contributed by atoms with van der Waals surface area (Å²) in [4.78, 5) is 13.9. The van der Waals surface area contributed by atoms with Crippen LogP contribution in [-0.4, -0.2) is 50.7 Å². The zero-order chi connectivity index (χ0) is 16.2. The van der Waals surface area contributed by atoms with Crippen LogP contribution >= 0.6 is 0 Å². The van der Waals surface area contributed by atoms with Gasteiger partial charge in [-0.05, 0) is 40.0 Å². The minimum atomic E-state index is -0.437. The molecule has 1 aliphatic heterocycles. The van der Waals surface area contributed by atoms with Gasteiger partial charge in [0, 0.05) is 38.9 Å². The lowest BCUT2D eigenvalue weighted by Gasteiger charge is -2.26. The zero-order valence-electron chi connectivity index (χ0n) is 14.0. The van der Waals surface area contributed by atoms with Crippen LogP contribution in [0.2, 0.25) is 0 Å². The average molecular weight is 309 g/mol.